The van der Waals surface area contributed by atoms with E-state index in [0.717, 1.165) is 29.4 Å². The van der Waals surface area contributed by atoms with Crippen molar-refractivity contribution in [2.75, 3.05) is 13.7 Å². The molecule has 1 aliphatic heterocycles. The molecule has 2 aromatic carbocycles. The van der Waals surface area contributed by atoms with Crippen molar-refractivity contribution in [1.29, 1.82) is 0 Å². The van der Waals surface area contributed by atoms with Gasteiger partial charge in [-0.15, -0.1) is 0 Å². The van der Waals surface area contributed by atoms with E-state index in [4.69, 9.17) is 4.74 Å². The molecule has 7 heteroatoms. The van der Waals surface area contributed by atoms with E-state index in [1.807, 2.05) is 42.0 Å². The first-order valence-electron chi connectivity index (χ1n) is 10.5. The second-order valence-electron chi connectivity index (χ2n) is 7.94. The standard InChI is InChI=1S/C25H25F2N3O2/c1-16-14-29(15-28-16)22-10-9-18(13-23(22)32-3)12-19-6-5-11-30(25(19)31)17(2)20-7-4-8-21(26)24(20)27/h4,7-10,12-15,17H,5-6,11H2,1-3H3/b19-12+/t17-/m0/s1. The highest BCUT2D eigenvalue weighted by atomic mass is 19.2. The number of hydrogen-bond acceptors (Lipinski definition) is 3. The van der Waals surface area contributed by atoms with Crippen LogP contribution in [0.15, 0.2) is 54.5 Å². The number of carbonyl (C=O) groups excluding carboxylic acids is 1. The normalized spacial score (nSPS) is 16.5. The lowest BCUT2D eigenvalue weighted by molar-refractivity contribution is -0.130. The summed E-state index contributed by atoms with van der Waals surface area (Å²) in [7, 11) is 1.60. The average Bonchev–Trinajstić information content (AvgIpc) is 3.22. The van der Waals surface area contributed by atoms with E-state index < -0.39 is 17.7 Å². The van der Waals surface area contributed by atoms with Crippen molar-refractivity contribution in [2.45, 2.75) is 32.7 Å². The fourth-order valence-corrected chi connectivity index (χ4v) is 4.10. The van der Waals surface area contributed by atoms with Gasteiger partial charge in [-0.05, 0) is 56.5 Å². The molecule has 0 N–H and O–H groups in total. The molecule has 1 aliphatic rings. The summed E-state index contributed by atoms with van der Waals surface area (Å²) in [5, 5.41) is 0. The topological polar surface area (TPSA) is 47.4 Å². The fraction of sp³-hybridized carbons (Fsp3) is 0.280. The Balaban J connectivity index is 1.61. The van der Waals surface area contributed by atoms with Crippen molar-refractivity contribution in [1.82, 2.24) is 14.5 Å². The average molecular weight is 437 g/mol. The molecule has 5 nitrogen and oxygen atoms in total. The van der Waals surface area contributed by atoms with Gasteiger partial charge in [0.05, 0.1) is 30.9 Å². The van der Waals surface area contributed by atoms with Gasteiger partial charge in [-0.25, -0.2) is 13.8 Å². The van der Waals surface area contributed by atoms with Crippen LogP contribution in [-0.2, 0) is 4.79 Å². The molecule has 0 bridgehead atoms. The van der Waals surface area contributed by atoms with Gasteiger partial charge < -0.3 is 14.2 Å². The predicted molar refractivity (Wildman–Crippen MR) is 119 cm³/mol. The maximum absolute atomic E-state index is 14.3. The minimum Gasteiger partial charge on any atom is -0.495 e. The molecule has 2 heterocycles. The highest BCUT2D eigenvalue weighted by molar-refractivity contribution is 5.98. The minimum absolute atomic E-state index is 0.166. The van der Waals surface area contributed by atoms with E-state index in [0.29, 0.717) is 24.3 Å². The molecule has 1 aromatic heterocycles. The molecule has 32 heavy (non-hydrogen) atoms. The van der Waals surface area contributed by atoms with E-state index in [1.54, 1.807) is 25.3 Å². The number of hydrogen-bond donors (Lipinski definition) is 0. The molecule has 1 atom stereocenters. The summed E-state index contributed by atoms with van der Waals surface area (Å²) in [6.07, 6.45) is 6.85. The van der Waals surface area contributed by atoms with Crippen molar-refractivity contribution in [3.8, 4) is 11.4 Å². The molecule has 0 unspecified atom stereocenters. The number of piperidine rings is 1. The summed E-state index contributed by atoms with van der Waals surface area (Å²) >= 11 is 0. The number of rotatable bonds is 5. The molecular formula is C25H25F2N3O2. The number of likely N-dealkylation sites (tertiary alicyclic amines) is 1. The highest BCUT2D eigenvalue weighted by Crippen LogP contribution is 2.31. The summed E-state index contributed by atoms with van der Waals surface area (Å²) < 4.78 is 35.4. The number of aryl methyl sites for hydroxylation is 1. The van der Waals surface area contributed by atoms with Crippen LogP contribution in [0, 0.1) is 18.6 Å². The van der Waals surface area contributed by atoms with Gasteiger partial charge in [0.15, 0.2) is 11.6 Å². The third-order valence-corrected chi connectivity index (χ3v) is 5.81. The number of nitrogens with zero attached hydrogens (tertiary/aromatic N) is 3. The van der Waals surface area contributed by atoms with Crippen molar-refractivity contribution in [3.63, 3.8) is 0 Å². The van der Waals surface area contributed by atoms with E-state index in [2.05, 4.69) is 4.98 Å². The predicted octanol–water partition coefficient (Wildman–Crippen LogP) is 5.23. The zero-order chi connectivity index (χ0) is 22.8. The molecule has 0 radical (unpaired) electrons. The summed E-state index contributed by atoms with van der Waals surface area (Å²) in [4.78, 5) is 19.0. The lowest BCUT2D eigenvalue weighted by atomic mass is 9.97. The molecule has 4 rings (SSSR count). The highest BCUT2D eigenvalue weighted by Gasteiger charge is 2.29. The Morgan fingerprint density at radius 3 is 2.75 bits per heavy atom. The van der Waals surface area contributed by atoms with Crippen LogP contribution in [0.25, 0.3) is 11.8 Å². The maximum Gasteiger partial charge on any atom is 0.250 e. The molecule has 3 aromatic rings. The Morgan fingerprint density at radius 1 is 1.22 bits per heavy atom. The lowest BCUT2D eigenvalue weighted by Crippen LogP contribution is -2.39. The summed E-state index contributed by atoms with van der Waals surface area (Å²) in [6.45, 7) is 4.14. The Kier molecular flexibility index (Phi) is 6.08. The van der Waals surface area contributed by atoms with Gasteiger partial charge in [-0.1, -0.05) is 18.2 Å². The monoisotopic (exact) mass is 437 g/mol. The van der Waals surface area contributed by atoms with Crippen LogP contribution in [0.2, 0.25) is 0 Å². The largest absolute Gasteiger partial charge is 0.495 e. The van der Waals surface area contributed by atoms with Crippen LogP contribution in [-0.4, -0.2) is 34.0 Å². The van der Waals surface area contributed by atoms with Gasteiger partial charge in [0.2, 0.25) is 5.91 Å². The first-order chi connectivity index (χ1) is 15.4. The molecule has 0 aliphatic carbocycles. The Bertz CT molecular complexity index is 1190. The zero-order valence-corrected chi connectivity index (χ0v) is 18.3. The Hall–Kier alpha value is -3.48. The van der Waals surface area contributed by atoms with Crippen LogP contribution in [0.1, 0.15) is 42.6 Å². The molecule has 0 spiro atoms. The number of aromatic nitrogens is 2. The quantitative estimate of drug-likeness (QED) is 0.513. The van der Waals surface area contributed by atoms with Crippen molar-refractivity contribution < 1.29 is 18.3 Å². The molecule has 1 saturated heterocycles. The second kappa shape index (κ2) is 8.94. The van der Waals surface area contributed by atoms with Crippen molar-refractivity contribution >= 4 is 12.0 Å². The number of imidazole rings is 1. The number of benzene rings is 2. The summed E-state index contributed by atoms with van der Waals surface area (Å²) in [5.41, 5.74) is 3.39. The maximum atomic E-state index is 14.3. The second-order valence-corrected chi connectivity index (χ2v) is 7.94. The minimum atomic E-state index is -0.908. The van der Waals surface area contributed by atoms with Gasteiger partial charge in [-0.3, -0.25) is 4.79 Å². The van der Waals surface area contributed by atoms with Crippen molar-refractivity contribution in [2.24, 2.45) is 0 Å². The summed E-state index contributed by atoms with van der Waals surface area (Å²) in [6, 6.07) is 9.21. The van der Waals surface area contributed by atoms with Crippen LogP contribution in [0.4, 0.5) is 8.78 Å². The van der Waals surface area contributed by atoms with Gasteiger partial charge in [-0.2, -0.15) is 0 Å². The van der Waals surface area contributed by atoms with E-state index in [9.17, 15) is 13.6 Å². The van der Waals surface area contributed by atoms with E-state index in [1.165, 1.54) is 12.1 Å². The third-order valence-electron chi connectivity index (χ3n) is 5.81. The van der Waals surface area contributed by atoms with Crippen LogP contribution >= 0.6 is 0 Å². The van der Waals surface area contributed by atoms with Gasteiger partial charge in [0.25, 0.3) is 0 Å². The van der Waals surface area contributed by atoms with Gasteiger partial charge in [0.1, 0.15) is 5.75 Å². The van der Waals surface area contributed by atoms with Crippen LogP contribution in [0.3, 0.4) is 0 Å². The molecule has 166 valence electrons. The van der Waals surface area contributed by atoms with Crippen molar-refractivity contribution in [3.05, 3.63) is 83.0 Å². The van der Waals surface area contributed by atoms with E-state index in [-0.39, 0.29) is 11.5 Å². The van der Waals surface area contributed by atoms with Crippen LogP contribution in [0.5, 0.6) is 5.75 Å². The molecule has 0 saturated carbocycles. The smallest absolute Gasteiger partial charge is 0.250 e. The van der Waals surface area contributed by atoms with Gasteiger partial charge >= 0.3 is 0 Å². The number of halogens is 2. The third kappa shape index (κ3) is 4.15. The fourth-order valence-electron chi connectivity index (χ4n) is 4.10. The SMILES string of the molecule is COc1cc(/C=C2\CCCN([C@@H](C)c3cccc(F)c3F)C2=O)ccc1-n1cnc(C)c1. The van der Waals surface area contributed by atoms with Crippen LogP contribution < -0.4 is 4.74 Å². The first kappa shape index (κ1) is 21.7. The Morgan fingerprint density at radius 2 is 2.03 bits per heavy atom. The Labute approximate surface area is 186 Å². The zero-order valence-electron chi connectivity index (χ0n) is 18.3. The van der Waals surface area contributed by atoms with Gasteiger partial charge in [0, 0.05) is 23.9 Å². The molecule has 1 fully saturated rings. The number of amides is 1. The number of carbonyl (C=O) groups is 1. The summed E-state index contributed by atoms with van der Waals surface area (Å²) in [5.74, 6) is -1.32. The van der Waals surface area contributed by atoms with E-state index >= 15 is 0 Å². The first-order valence-corrected chi connectivity index (χ1v) is 10.5. The molecule has 1 amide bonds. The number of methoxy groups -OCH3 is 1. The molecular weight excluding hydrogens is 412 g/mol. The number of ether oxygens (including phenoxy) is 1. The lowest BCUT2D eigenvalue weighted by Gasteiger charge is -2.34.